The molecule has 120 valence electrons. The van der Waals surface area contributed by atoms with Gasteiger partial charge in [0.15, 0.2) is 5.82 Å². The molecule has 1 aromatic heterocycles. The highest BCUT2D eigenvalue weighted by Gasteiger charge is 2.43. The van der Waals surface area contributed by atoms with Crippen LogP contribution in [0, 0.1) is 0 Å². The SMILES string of the molecule is CCCn1nnnc1CN1C(=O)[C@@H](C)N(c2ccccc2)C1=O. The normalized spacial score (nSPS) is 18.1. The van der Waals surface area contributed by atoms with Crippen molar-refractivity contribution in [2.75, 3.05) is 4.90 Å². The van der Waals surface area contributed by atoms with Gasteiger partial charge in [0.2, 0.25) is 0 Å². The summed E-state index contributed by atoms with van der Waals surface area (Å²) in [6.45, 7) is 4.47. The number of rotatable bonds is 5. The van der Waals surface area contributed by atoms with E-state index in [0.29, 0.717) is 18.1 Å². The van der Waals surface area contributed by atoms with Crippen LogP contribution in [0.25, 0.3) is 0 Å². The number of hydrogen-bond donors (Lipinski definition) is 0. The second-order valence-electron chi connectivity index (χ2n) is 5.41. The number of urea groups is 1. The Bertz CT molecular complexity index is 714. The van der Waals surface area contributed by atoms with Crippen LogP contribution in [0.15, 0.2) is 30.3 Å². The zero-order valence-corrected chi connectivity index (χ0v) is 13.1. The lowest BCUT2D eigenvalue weighted by Crippen LogP contribution is -2.34. The Balaban J connectivity index is 1.85. The quantitative estimate of drug-likeness (QED) is 0.780. The van der Waals surface area contributed by atoms with Gasteiger partial charge in [0, 0.05) is 12.2 Å². The Morgan fingerprint density at radius 1 is 1.17 bits per heavy atom. The van der Waals surface area contributed by atoms with Crippen LogP contribution in [0.2, 0.25) is 0 Å². The van der Waals surface area contributed by atoms with E-state index in [1.807, 2.05) is 37.3 Å². The molecule has 23 heavy (non-hydrogen) atoms. The predicted molar refractivity (Wildman–Crippen MR) is 82.4 cm³/mol. The maximum absolute atomic E-state index is 12.7. The summed E-state index contributed by atoms with van der Waals surface area (Å²) in [6, 6.07) is 8.28. The van der Waals surface area contributed by atoms with Gasteiger partial charge in [-0.15, -0.1) is 5.10 Å². The van der Waals surface area contributed by atoms with Gasteiger partial charge in [0.05, 0.1) is 6.54 Å². The average molecular weight is 314 g/mol. The fourth-order valence-electron chi connectivity index (χ4n) is 2.66. The van der Waals surface area contributed by atoms with Gasteiger partial charge in [-0.05, 0) is 35.9 Å². The fourth-order valence-corrected chi connectivity index (χ4v) is 2.66. The van der Waals surface area contributed by atoms with Crippen LogP contribution < -0.4 is 4.90 Å². The van der Waals surface area contributed by atoms with E-state index in [1.165, 1.54) is 9.80 Å². The molecule has 0 spiro atoms. The van der Waals surface area contributed by atoms with Gasteiger partial charge in [0.1, 0.15) is 6.04 Å². The van der Waals surface area contributed by atoms with Gasteiger partial charge < -0.3 is 0 Å². The Kier molecular flexibility index (Phi) is 4.05. The van der Waals surface area contributed by atoms with E-state index < -0.39 is 6.04 Å². The summed E-state index contributed by atoms with van der Waals surface area (Å²) in [5, 5.41) is 11.4. The van der Waals surface area contributed by atoms with E-state index in [2.05, 4.69) is 15.5 Å². The molecule has 3 amide bonds. The first-order valence-electron chi connectivity index (χ1n) is 7.58. The first kappa shape index (κ1) is 15.1. The van der Waals surface area contributed by atoms with E-state index >= 15 is 0 Å². The number of tetrazole rings is 1. The molecule has 0 bridgehead atoms. The molecule has 0 radical (unpaired) electrons. The fraction of sp³-hybridized carbons (Fsp3) is 0.400. The number of nitrogens with zero attached hydrogens (tertiary/aromatic N) is 6. The summed E-state index contributed by atoms with van der Waals surface area (Å²) in [5.41, 5.74) is 0.703. The van der Waals surface area contributed by atoms with Crippen molar-refractivity contribution in [3.8, 4) is 0 Å². The molecule has 1 fully saturated rings. The van der Waals surface area contributed by atoms with Crippen molar-refractivity contribution >= 4 is 17.6 Å². The minimum atomic E-state index is -0.541. The Morgan fingerprint density at radius 2 is 1.91 bits per heavy atom. The number of carbonyl (C=O) groups is 2. The summed E-state index contributed by atoms with van der Waals surface area (Å²) >= 11 is 0. The van der Waals surface area contributed by atoms with E-state index in [1.54, 1.807) is 11.6 Å². The number of anilines is 1. The Labute approximate surface area is 133 Å². The van der Waals surface area contributed by atoms with Crippen molar-refractivity contribution in [3.05, 3.63) is 36.2 Å². The van der Waals surface area contributed by atoms with Crippen molar-refractivity contribution < 1.29 is 9.59 Å². The highest BCUT2D eigenvalue weighted by atomic mass is 16.2. The minimum Gasteiger partial charge on any atom is -0.282 e. The largest absolute Gasteiger partial charge is 0.332 e. The molecule has 2 heterocycles. The lowest BCUT2D eigenvalue weighted by Gasteiger charge is -2.19. The van der Waals surface area contributed by atoms with Gasteiger partial charge in [-0.1, -0.05) is 25.1 Å². The highest BCUT2D eigenvalue weighted by molar-refractivity contribution is 6.13. The van der Waals surface area contributed by atoms with E-state index in [-0.39, 0.29) is 18.5 Å². The molecule has 8 nitrogen and oxygen atoms in total. The molecule has 2 aromatic rings. The molecular formula is C15H18N6O2. The third-order valence-electron chi connectivity index (χ3n) is 3.82. The second kappa shape index (κ2) is 6.15. The molecule has 0 unspecified atom stereocenters. The smallest absolute Gasteiger partial charge is 0.282 e. The van der Waals surface area contributed by atoms with Gasteiger partial charge in [0.25, 0.3) is 5.91 Å². The number of carbonyl (C=O) groups excluding carboxylic acids is 2. The van der Waals surface area contributed by atoms with Crippen LogP contribution in [0.1, 0.15) is 26.1 Å². The number of aryl methyl sites for hydroxylation is 1. The number of aromatic nitrogens is 4. The highest BCUT2D eigenvalue weighted by Crippen LogP contribution is 2.26. The monoisotopic (exact) mass is 314 g/mol. The lowest BCUT2D eigenvalue weighted by molar-refractivity contribution is -0.127. The minimum absolute atomic E-state index is 0.0817. The maximum atomic E-state index is 12.7. The van der Waals surface area contributed by atoms with E-state index in [4.69, 9.17) is 0 Å². The number of benzene rings is 1. The zero-order chi connectivity index (χ0) is 16.4. The van der Waals surface area contributed by atoms with Crippen molar-refractivity contribution in [1.82, 2.24) is 25.1 Å². The molecule has 3 rings (SSSR count). The van der Waals surface area contributed by atoms with Crippen LogP contribution in [-0.2, 0) is 17.9 Å². The number of para-hydroxylation sites is 1. The number of hydrogen-bond acceptors (Lipinski definition) is 5. The van der Waals surface area contributed by atoms with E-state index in [9.17, 15) is 9.59 Å². The molecule has 1 aliphatic heterocycles. The van der Waals surface area contributed by atoms with Crippen molar-refractivity contribution in [1.29, 1.82) is 0 Å². The molecule has 1 atom stereocenters. The summed E-state index contributed by atoms with van der Waals surface area (Å²) in [4.78, 5) is 27.9. The van der Waals surface area contributed by atoms with E-state index in [0.717, 1.165) is 6.42 Å². The van der Waals surface area contributed by atoms with Crippen molar-refractivity contribution in [2.45, 2.75) is 39.4 Å². The molecule has 0 aliphatic carbocycles. The van der Waals surface area contributed by atoms with Crippen LogP contribution in [0.3, 0.4) is 0 Å². The van der Waals surface area contributed by atoms with Gasteiger partial charge in [-0.25, -0.2) is 9.48 Å². The molecule has 1 aromatic carbocycles. The van der Waals surface area contributed by atoms with Crippen molar-refractivity contribution in [2.24, 2.45) is 0 Å². The topological polar surface area (TPSA) is 84.2 Å². The summed E-state index contributed by atoms with van der Waals surface area (Å²) in [6.07, 6.45) is 0.868. The van der Waals surface area contributed by atoms with Crippen LogP contribution in [0.5, 0.6) is 0 Å². The summed E-state index contributed by atoms with van der Waals surface area (Å²) < 4.78 is 1.62. The lowest BCUT2D eigenvalue weighted by atomic mass is 10.2. The Hall–Kier alpha value is -2.77. The van der Waals surface area contributed by atoms with Crippen LogP contribution >= 0.6 is 0 Å². The Morgan fingerprint density at radius 3 is 2.61 bits per heavy atom. The third kappa shape index (κ3) is 2.67. The zero-order valence-electron chi connectivity index (χ0n) is 13.1. The maximum Gasteiger partial charge on any atom is 0.332 e. The predicted octanol–water partition coefficient (Wildman–Crippen LogP) is 1.44. The molecule has 0 saturated carbocycles. The van der Waals surface area contributed by atoms with Gasteiger partial charge in [-0.2, -0.15) is 0 Å². The molecule has 1 aliphatic rings. The molecule has 8 heteroatoms. The van der Waals surface area contributed by atoms with Gasteiger partial charge >= 0.3 is 6.03 Å². The third-order valence-corrected chi connectivity index (χ3v) is 3.82. The average Bonchev–Trinajstić information content (AvgIpc) is 3.08. The molecule has 1 saturated heterocycles. The van der Waals surface area contributed by atoms with Crippen molar-refractivity contribution in [3.63, 3.8) is 0 Å². The van der Waals surface area contributed by atoms with Crippen LogP contribution in [-0.4, -0.2) is 43.1 Å². The van der Waals surface area contributed by atoms with Crippen LogP contribution in [0.4, 0.5) is 10.5 Å². The molecule has 0 N–H and O–H groups in total. The standard InChI is InChI=1S/C15H18N6O2/c1-3-9-20-13(16-17-18-20)10-19-14(22)11(2)21(15(19)23)12-7-5-4-6-8-12/h4-8,11H,3,9-10H2,1-2H3/t11-/m1/s1. The summed E-state index contributed by atoms with van der Waals surface area (Å²) in [5.74, 6) is 0.264. The first-order chi connectivity index (χ1) is 11.1. The first-order valence-corrected chi connectivity index (χ1v) is 7.58. The number of imide groups is 1. The molecular weight excluding hydrogens is 296 g/mol. The van der Waals surface area contributed by atoms with Gasteiger partial charge in [-0.3, -0.25) is 14.6 Å². The summed E-state index contributed by atoms with van der Waals surface area (Å²) in [7, 11) is 0. The number of amides is 3. The second-order valence-corrected chi connectivity index (χ2v) is 5.41.